The Kier molecular flexibility index (Phi) is 5.18. The lowest BCUT2D eigenvalue weighted by molar-refractivity contribution is -0.974. The fourth-order valence-electron chi connectivity index (χ4n) is 4.54. The number of carbonyl (C=O) groups excluding carboxylic acids is 1. The standard InChI is InChI=1S/C20H24ClN3O2/c21-14-6-8-15(9-7-14)22-20(25)23-16-11-17-3-1-4-18(12-16)24(17)13-19-5-2-10-26-19/h2,5-10,16-18H,1,3-4,11-13H2,(H2,22,23,25)/p+1/t16?,17-,18+. The summed E-state index contributed by atoms with van der Waals surface area (Å²) in [6.45, 7) is 0.950. The first-order valence-electron chi connectivity index (χ1n) is 9.38. The van der Waals surface area contributed by atoms with Crippen molar-refractivity contribution >= 4 is 23.3 Å². The van der Waals surface area contributed by atoms with E-state index in [2.05, 4.69) is 16.7 Å². The molecule has 6 heteroatoms. The van der Waals surface area contributed by atoms with Gasteiger partial charge in [0.2, 0.25) is 0 Å². The summed E-state index contributed by atoms with van der Waals surface area (Å²) < 4.78 is 5.56. The van der Waals surface area contributed by atoms with Crippen LogP contribution in [0, 0.1) is 0 Å². The number of halogens is 1. The molecule has 2 amide bonds. The highest BCUT2D eigenvalue weighted by Gasteiger charge is 2.42. The van der Waals surface area contributed by atoms with Crippen molar-refractivity contribution in [1.29, 1.82) is 0 Å². The Balaban J connectivity index is 1.34. The molecule has 0 aliphatic carbocycles. The van der Waals surface area contributed by atoms with Gasteiger partial charge in [0.1, 0.15) is 6.54 Å². The lowest BCUT2D eigenvalue weighted by Crippen LogP contribution is -3.20. The summed E-state index contributed by atoms with van der Waals surface area (Å²) in [5.74, 6) is 1.06. The Labute approximate surface area is 158 Å². The largest absolute Gasteiger partial charge is 0.463 e. The molecule has 5 nitrogen and oxygen atoms in total. The number of amides is 2. The van der Waals surface area contributed by atoms with Crippen LogP contribution in [-0.2, 0) is 6.54 Å². The molecule has 0 radical (unpaired) electrons. The highest BCUT2D eigenvalue weighted by atomic mass is 35.5. The van der Waals surface area contributed by atoms with Crippen LogP contribution < -0.4 is 15.5 Å². The quantitative estimate of drug-likeness (QED) is 0.769. The van der Waals surface area contributed by atoms with Gasteiger partial charge in [0.25, 0.3) is 0 Å². The lowest BCUT2D eigenvalue weighted by Gasteiger charge is -2.45. The molecule has 2 aliphatic rings. The van der Waals surface area contributed by atoms with Crippen molar-refractivity contribution in [2.45, 2.75) is 56.8 Å². The molecule has 138 valence electrons. The number of urea groups is 1. The van der Waals surface area contributed by atoms with E-state index in [0.29, 0.717) is 17.1 Å². The Morgan fingerprint density at radius 1 is 1.15 bits per heavy atom. The summed E-state index contributed by atoms with van der Waals surface area (Å²) in [4.78, 5) is 14.0. The second-order valence-electron chi connectivity index (χ2n) is 7.43. The van der Waals surface area contributed by atoms with Crippen molar-refractivity contribution in [3.63, 3.8) is 0 Å². The third kappa shape index (κ3) is 4.05. The van der Waals surface area contributed by atoms with Gasteiger partial charge in [0.05, 0.1) is 18.3 Å². The monoisotopic (exact) mass is 374 g/mol. The van der Waals surface area contributed by atoms with Gasteiger partial charge >= 0.3 is 6.03 Å². The average Bonchev–Trinajstić information content (AvgIpc) is 3.11. The third-order valence-corrected chi connectivity index (χ3v) is 5.94. The van der Waals surface area contributed by atoms with E-state index < -0.39 is 0 Å². The zero-order chi connectivity index (χ0) is 17.9. The molecule has 4 rings (SSSR count). The fourth-order valence-corrected chi connectivity index (χ4v) is 4.67. The van der Waals surface area contributed by atoms with Crippen molar-refractivity contribution in [2.75, 3.05) is 5.32 Å². The van der Waals surface area contributed by atoms with Crippen LogP contribution in [-0.4, -0.2) is 24.2 Å². The van der Waals surface area contributed by atoms with Gasteiger partial charge in [-0.1, -0.05) is 11.6 Å². The molecule has 2 bridgehead atoms. The predicted octanol–water partition coefficient (Wildman–Crippen LogP) is 3.22. The van der Waals surface area contributed by atoms with Crippen LogP contribution in [0.5, 0.6) is 0 Å². The smallest absolute Gasteiger partial charge is 0.319 e. The molecule has 2 saturated heterocycles. The van der Waals surface area contributed by atoms with Gasteiger partial charge in [-0.3, -0.25) is 0 Å². The topological polar surface area (TPSA) is 58.7 Å². The molecule has 3 heterocycles. The molecule has 0 saturated carbocycles. The van der Waals surface area contributed by atoms with Gasteiger partial charge in [-0.2, -0.15) is 0 Å². The van der Waals surface area contributed by atoms with Gasteiger partial charge in [-0.15, -0.1) is 0 Å². The minimum Gasteiger partial charge on any atom is -0.463 e. The highest BCUT2D eigenvalue weighted by molar-refractivity contribution is 6.30. The zero-order valence-electron chi connectivity index (χ0n) is 14.7. The minimum absolute atomic E-state index is 0.134. The maximum absolute atomic E-state index is 12.3. The number of furan rings is 1. The number of anilines is 1. The molecular formula is C20H25ClN3O2+. The Morgan fingerprint density at radius 2 is 1.88 bits per heavy atom. The molecule has 3 N–H and O–H groups in total. The summed E-state index contributed by atoms with van der Waals surface area (Å²) >= 11 is 5.89. The van der Waals surface area contributed by atoms with Crippen LogP contribution in [0.3, 0.4) is 0 Å². The SMILES string of the molecule is O=C(Nc1ccc(Cl)cc1)NC1C[C@H]2CCC[C@@H](C1)[NH+]2Cc1ccco1. The fraction of sp³-hybridized carbons (Fsp3) is 0.450. The van der Waals surface area contributed by atoms with E-state index in [-0.39, 0.29) is 12.1 Å². The average molecular weight is 375 g/mol. The predicted molar refractivity (Wildman–Crippen MR) is 101 cm³/mol. The van der Waals surface area contributed by atoms with Crippen LogP contribution in [0.1, 0.15) is 37.9 Å². The Hall–Kier alpha value is -1.98. The molecule has 26 heavy (non-hydrogen) atoms. The number of hydrogen-bond donors (Lipinski definition) is 3. The minimum atomic E-state index is -0.134. The van der Waals surface area contributed by atoms with Crippen molar-refractivity contribution in [3.05, 3.63) is 53.4 Å². The number of benzene rings is 1. The second kappa shape index (κ2) is 7.72. The van der Waals surface area contributed by atoms with E-state index in [1.54, 1.807) is 23.3 Å². The van der Waals surface area contributed by atoms with Crippen LogP contribution in [0.4, 0.5) is 10.5 Å². The van der Waals surface area contributed by atoms with E-state index in [1.165, 1.54) is 19.3 Å². The molecule has 1 aromatic heterocycles. The molecule has 2 aromatic rings. The van der Waals surface area contributed by atoms with Crippen LogP contribution in [0.15, 0.2) is 47.1 Å². The van der Waals surface area contributed by atoms with E-state index in [9.17, 15) is 4.79 Å². The number of hydrogen-bond acceptors (Lipinski definition) is 2. The third-order valence-electron chi connectivity index (χ3n) is 5.69. The first kappa shape index (κ1) is 17.4. The first-order valence-corrected chi connectivity index (χ1v) is 9.76. The summed E-state index contributed by atoms with van der Waals surface area (Å²) in [6.07, 6.45) is 7.55. The van der Waals surface area contributed by atoms with E-state index in [0.717, 1.165) is 30.8 Å². The highest BCUT2D eigenvalue weighted by Crippen LogP contribution is 2.23. The molecule has 2 fully saturated rings. The molecule has 2 unspecified atom stereocenters. The van der Waals surface area contributed by atoms with Gasteiger partial charge in [0.15, 0.2) is 5.76 Å². The van der Waals surface area contributed by atoms with Gasteiger partial charge in [-0.25, -0.2) is 4.79 Å². The second-order valence-corrected chi connectivity index (χ2v) is 7.87. The van der Waals surface area contributed by atoms with Gasteiger partial charge < -0.3 is 20.0 Å². The van der Waals surface area contributed by atoms with Crippen LogP contribution >= 0.6 is 11.6 Å². The van der Waals surface area contributed by atoms with Gasteiger partial charge in [-0.05, 0) is 55.7 Å². The number of quaternary nitrogens is 1. The van der Waals surface area contributed by atoms with E-state index in [1.807, 2.05) is 18.2 Å². The van der Waals surface area contributed by atoms with Crippen molar-refractivity contribution < 1.29 is 14.1 Å². The van der Waals surface area contributed by atoms with Crippen molar-refractivity contribution in [1.82, 2.24) is 5.32 Å². The van der Waals surface area contributed by atoms with Crippen LogP contribution in [0.25, 0.3) is 0 Å². The van der Waals surface area contributed by atoms with Gasteiger partial charge in [0, 0.05) is 29.6 Å². The summed E-state index contributed by atoms with van der Waals surface area (Å²) in [7, 11) is 0. The number of fused-ring (bicyclic) bond motifs is 2. The van der Waals surface area contributed by atoms with Crippen LogP contribution in [0.2, 0.25) is 5.02 Å². The lowest BCUT2D eigenvalue weighted by atomic mass is 9.81. The molecule has 1 aromatic carbocycles. The number of piperidine rings is 2. The van der Waals surface area contributed by atoms with Crippen molar-refractivity contribution in [3.8, 4) is 0 Å². The zero-order valence-corrected chi connectivity index (χ0v) is 15.5. The number of carbonyl (C=O) groups is 1. The maximum atomic E-state index is 12.3. The van der Waals surface area contributed by atoms with E-state index in [4.69, 9.17) is 16.0 Å². The normalized spacial score (nSPS) is 27.7. The Bertz CT molecular complexity index is 718. The Morgan fingerprint density at radius 3 is 2.54 bits per heavy atom. The number of nitrogens with one attached hydrogen (secondary N) is 3. The summed E-state index contributed by atoms with van der Waals surface area (Å²) in [6, 6.07) is 12.5. The first-order chi connectivity index (χ1) is 12.7. The van der Waals surface area contributed by atoms with Crippen molar-refractivity contribution in [2.24, 2.45) is 0 Å². The molecule has 4 atom stereocenters. The summed E-state index contributed by atoms with van der Waals surface area (Å²) in [5, 5.41) is 6.73. The maximum Gasteiger partial charge on any atom is 0.319 e. The number of rotatable bonds is 4. The molecule has 2 aliphatic heterocycles. The summed E-state index contributed by atoms with van der Waals surface area (Å²) in [5.41, 5.74) is 0.757. The molecule has 0 spiro atoms. The van der Waals surface area contributed by atoms with E-state index >= 15 is 0 Å². The molecular weight excluding hydrogens is 350 g/mol.